The topological polar surface area (TPSA) is 90.1 Å². The Labute approximate surface area is 125 Å². The minimum Gasteiger partial charge on any atom is -0.322 e. The first-order valence-electron chi connectivity index (χ1n) is 6.01. The van der Waals surface area contributed by atoms with E-state index >= 15 is 0 Å². The van der Waals surface area contributed by atoms with Gasteiger partial charge in [0.05, 0.1) is 10.6 Å². The van der Waals surface area contributed by atoms with Crippen molar-refractivity contribution in [2.24, 2.45) is 0 Å². The standard InChI is InChI=1S/C12H8F4N4O3/c13-8-2-1-7(20(22)23)5-9(8)17-11(21)6-19-4-3-10(18-19)12(14,15)16/h1-5H,6H2,(H,17,21). The van der Waals surface area contributed by atoms with Gasteiger partial charge < -0.3 is 5.32 Å². The highest BCUT2D eigenvalue weighted by atomic mass is 19.4. The van der Waals surface area contributed by atoms with Crippen molar-refractivity contribution in [3.05, 3.63) is 52.1 Å². The Hall–Kier alpha value is -2.98. The van der Waals surface area contributed by atoms with Crippen LogP contribution in [-0.4, -0.2) is 20.6 Å². The summed E-state index contributed by atoms with van der Waals surface area (Å²) in [6, 6.07) is 3.19. The zero-order valence-electron chi connectivity index (χ0n) is 11.2. The maximum atomic E-state index is 13.5. The SMILES string of the molecule is O=C(Cn1ccc(C(F)(F)F)n1)Nc1cc([N+](=O)[O-])ccc1F. The van der Waals surface area contributed by atoms with Gasteiger partial charge in [-0.15, -0.1) is 0 Å². The second kappa shape index (κ2) is 6.02. The predicted octanol–water partition coefficient (Wildman–Crippen LogP) is 2.59. The van der Waals surface area contributed by atoms with E-state index in [1.54, 1.807) is 0 Å². The van der Waals surface area contributed by atoms with Crippen LogP contribution in [0.25, 0.3) is 0 Å². The van der Waals surface area contributed by atoms with E-state index in [1.165, 1.54) is 0 Å². The van der Waals surface area contributed by atoms with Crippen LogP contribution in [0.3, 0.4) is 0 Å². The fraction of sp³-hybridized carbons (Fsp3) is 0.167. The molecule has 122 valence electrons. The van der Waals surface area contributed by atoms with Crippen LogP contribution in [0.5, 0.6) is 0 Å². The molecule has 0 aliphatic heterocycles. The number of aromatic nitrogens is 2. The molecule has 0 aliphatic carbocycles. The lowest BCUT2D eigenvalue weighted by Gasteiger charge is -2.07. The predicted molar refractivity (Wildman–Crippen MR) is 68.9 cm³/mol. The lowest BCUT2D eigenvalue weighted by Crippen LogP contribution is -2.20. The van der Waals surface area contributed by atoms with E-state index in [0.29, 0.717) is 10.7 Å². The van der Waals surface area contributed by atoms with Crippen LogP contribution in [0.15, 0.2) is 30.5 Å². The summed E-state index contributed by atoms with van der Waals surface area (Å²) in [5.74, 6) is -1.80. The minimum atomic E-state index is -4.64. The number of carbonyl (C=O) groups excluding carboxylic acids is 1. The number of non-ortho nitro benzene ring substituents is 1. The van der Waals surface area contributed by atoms with Gasteiger partial charge in [0.2, 0.25) is 5.91 Å². The number of anilines is 1. The highest BCUT2D eigenvalue weighted by molar-refractivity contribution is 5.91. The Balaban J connectivity index is 2.09. The minimum absolute atomic E-state index is 0.444. The van der Waals surface area contributed by atoms with Gasteiger partial charge in [-0.25, -0.2) is 4.39 Å². The fourth-order valence-electron chi connectivity index (χ4n) is 1.66. The van der Waals surface area contributed by atoms with Crippen molar-refractivity contribution in [2.75, 3.05) is 5.32 Å². The van der Waals surface area contributed by atoms with Gasteiger partial charge in [0.25, 0.3) is 5.69 Å². The van der Waals surface area contributed by atoms with Gasteiger partial charge >= 0.3 is 6.18 Å². The molecule has 0 aliphatic rings. The summed E-state index contributed by atoms with van der Waals surface area (Å²) in [4.78, 5) is 21.5. The number of rotatable bonds is 4. The van der Waals surface area contributed by atoms with Gasteiger partial charge in [0.15, 0.2) is 5.69 Å². The fourth-order valence-corrected chi connectivity index (χ4v) is 1.66. The van der Waals surface area contributed by atoms with Crippen molar-refractivity contribution in [2.45, 2.75) is 12.7 Å². The van der Waals surface area contributed by atoms with E-state index in [4.69, 9.17) is 0 Å². The molecule has 23 heavy (non-hydrogen) atoms. The number of benzene rings is 1. The zero-order chi connectivity index (χ0) is 17.2. The van der Waals surface area contributed by atoms with E-state index < -0.39 is 46.4 Å². The molecule has 2 rings (SSSR count). The molecule has 11 heteroatoms. The molecule has 1 N–H and O–H groups in total. The Morgan fingerprint density at radius 1 is 1.35 bits per heavy atom. The number of nitro benzene ring substituents is 1. The lowest BCUT2D eigenvalue weighted by molar-refractivity contribution is -0.384. The van der Waals surface area contributed by atoms with Gasteiger partial charge in [-0.05, 0) is 12.1 Å². The Morgan fingerprint density at radius 2 is 2.04 bits per heavy atom. The summed E-state index contributed by atoms with van der Waals surface area (Å²) in [7, 11) is 0. The molecule has 0 unspecified atom stereocenters. The van der Waals surface area contributed by atoms with Crippen molar-refractivity contribution >= 4 is 17.3 Å². The van der Waals surface area contributed by atoms with Crippen molar-refractivity contribution in [1.29, 1.82) is 0 Å². The van der Waals surface area contributed by atoms with E-state index in [0.717, 1.165) is 24.4 Å². The highest BCUT2D eigenvalue weighted by Crippen LogP contribution is 2.27. The Morgan fingerprint density at radius 3 is 2.61 bits per heavy atom. The number of hydrogen-bond acceptors (Lipinski definition) is 4. The molecule has 1 amide bonds. The number of carbonyl (C=O) groups is 1. The van der Waals surface area contributed by atoms with Gasteiger partial charge in [0.1, 0.15) is 12.4 Å². The molecule has 2 aromatic rings. The summed E-state index contributed by atoms with van der Waals surface area (Å²) in [6.07, 6.45) is -3.71. The third kappa shape index (κ3) is 4.02. The van der Waals surface area contributed by atoms with Gasteiger partial charge in [-0.3, -0.25) is 19.6 Å². The molecule has 1 heterocycles. The maximum absolute atomic E-state index is 13.5. The first-order chi connectivity index (χ1) is 10.7. The summed E-state index contributed by atoms with van der Waals surface area (Å²) in [6.45, 7) is -0.613. The van der Waals surface area contributed by atoms with Crippen LogP contribution < -0.4 is 5.32 Å². The first-order valence-corrected chi connectivity index (χ1v) is 6.01. The summed E-state index contributed by atoms with van der Waals surface area (Å²) >= 11 is 0. The van der Waals surface area contributed by atoms with Crippen LogP contribution in [0, 0.1) is 15.9 Å². The third-order valence-electron chi connectivity index (χ3n) is 2.67. The number of nitrogens with zero attached hydrogens (tertiary/aromatic N) is 3. The quantitative estimate of drug-likeness (QED) is 0.529. The maximum Gasteiger partial charge on any atom is 0.435 e. The Kier molecular flexibility index (Phi) is 4.29. The monoisotopic (exact) mass is 332 g/mol. The number of amides is 1. The summed E-state index contributed by atoms with van der Waals surface area (Å²) < 4.78 is 51.3. The van der Waals surface area contributed by atoms with Crippen molar-refractivity contribution in [1.82, 2.24) is 9.78 Å². The van der Waals surface area contributed by atoms with Gasteiger partial charge in [-0.2, -0.15) is 18.3 Å². The van der Waals surface area contributed by atoms with Gasteiger partial charge in [0, 0.05) is 18.3 Å². The number of nitro groups is 1. The smallest absolute Gasteiger partial charge is 0.322 e. The normalized spacial score (nSPS) is 11.3. The number of hydrogen-bond donors (Lipinski definition) is 1. The average Bonchev–Trinajstić information content (AvgIpc) is 2.89. The molecule has 0 saturated heterocycles. The number of halogens is 4. The second-order valence-electron chi connectivity index (χ2n) is 4.37. The molecular weight excluding hydrogens is 324 g/mol. The van der Waals surface area contributed by atoms with Gasteiger partial charge in [-0.1, -0.05) is 0 Å². The van der Waals surface area contributed by atoms with E-state index in [1.807, 2.05) is 5.32 Å². The largest absolute Gasteiger partial charge is 0.435 e. The summed E-state index contributed by atoms with van der Waals surface area (Å²) in [5, 5.41) is 15.8. The molecule has 0 atom stereocenters. The molecule has 7 nitrogen and oxygen atoms in total. The van der Waals surface area contributed by atoms with Crippen molar-refractivity contribution in [3.8, 4) is 0 Å². The van der Waals surface area contributed by atoms with Crippen LogP contribution >= 0.6 is 0 Å². The van der Waals surface area contributed by atoms with E-state index in [9.17, 15) is 32.5 Å². The van der Waals surface area contributed by atoms with Crippen LogP contribution in [0.4, 0.5) is 28.9 Å². The van der Waals surface area contributed by atoms with E-state index in [2.05, 4.69) is 5.10 Å². The molecule has 1 aromatic carbocycles. The average molecular weight is 332 g/mol. The van der Waals surface area contributed by atoms with Crippen LogP contribution in [-0.2, 0) is 17.5 Å². The molecule has 0 bridgehead atoms. The number of alkyl halides is 3. The molecule has 1 aromatic heterocycles. The molecule has 0 spiro atoms. The molecule has 0 radical (unpaired) electrons. The summed E-state index contributed by atoms with van der Waals surface area (Å²) in [5.41, 5.74) is -2.07. The molecular formula is C12H8F4N4O3. The van der Waals surface area contributed by atoms with Crippen LogP contribution in [0.2, 0.25) is 0 Å². The molecule has 0 saturated carbocycles. The number of nitrogens with one attached hydrogen (secondary N) is 1. The van der Waals surface area contributed by atoms with Crippen molar-refractivity contribution < 1.29 is 27.3 Å². The third-order valence-corrected chi connectivity index (χ3v) is 2.67. The lowest BCUT2D eigenvalue weighted by atomic mass is 10.2. The zero-order valence-corrected chi connectivity index (χ0v) is 11.2. The van der Waals surface area contributed by atoms with E-state index in [-0.39, 0.29) is 0 Å². The first kappa shape index (κ1) is 16.4. The Bertz CT molecular complexity index is 757. The van der Waals surface area contributed by atoms with Crippen molar-refractivity contribution in [3.63, 3.8) is 0 Å². The second-order valence-corrected chi connectivity index (χ2v) is 4.37. The van der Waals surface area contributed by atoms with Crippen LogP contribution in [0.1, 0.15) is 5.69 Å². The molecule has 0 fully saturated rings. The highest BCUT2D eigenvalue weighted by Gasteiger charge is 2.33.